The lowest BCUT2D eigenvalue weighted by molar-refractivity contribution is -0.122. The van der Waals surface area contributed by atoms with Crippen molar-refractivity contribution >= 4 is 57.9 Å². The highest BCUT2D eigenvalue weighted by atomic mass is 35.5. The summed E-state index contributed by atoms with van der Waals surface area (Å²) in [7, 11) is 0. The van der Waals surface area contributed by atoms with Crippen molar-refractivity contribution in [2.24, 2.45) is 11.7 Å². The largest absolute Gasteiger partial charge is 0.369 e. The number of amides is 1. The number of carbonyl (C=O) groups excluding carboxylic acids is 1. The molecule has 1 unspecified atom stereocenters. The Morgan fingerprint density at radius 3 is 2.51 bits per heavy atom. The van der Waals surface area contributed by atoms with Crippen molar-refractivity contribution in [3.8, 4) is 6.07 Å². The lowest BCUT2D eigenvalue weighted by Crippen LogP contribution is -2.45. The van der Waals surface area contributed by atoms with Gasteiger partial charge in [-0.05, 0) is 71.0 Å². The Bertz CT molecular complexity index is 1390. The Balaban J connectivity index is 1.50. The number of imidazole rings is 1. The van der Waals surface area contributed by atoms with Crippen molar-refractivity contribution in [3.05, 3.63) is 33.9 Å². The van der Waals surface area contributed by atoms with E-state index in [1.807, 2.05) is 0 Å². The average Bonchev–Trinajstić information content (AvgIpc) is 3.28. The number of nitrogens with one attached hydrogen (secondary N) is 2. The van der Waals surface area contributed by atoms with Crippen LogP contribution in [-0.4, -0.2) is 55.5 Å². The smallest absolute Gasteiger partial charge is 0.225 e. The molecule has 10 nitrogen and oxygen atoms in total. The molecule has 0 spiro atoms. The molecule has 1 saturated heterocycles. The van der Waals surface area contributed by atoms with Gasteiger partial charge in [0.05, 0.1) is 33.6 Å². The highest BCUT2D eigenvalue weighted by Gasteiger charge is 2.30. The third-order valence-electron chi connectivity index (χ3n) is 7.82. The summed E-state index contributed by atoms with van der Waals surface area (Å²) < 4.78 is 2.06. The van der Waals surface area contributed by atoms with Crippen LogP contribution < -0.4 is 16.4 Å². The van der Waals surface area contributed by atoms with Gasteiger partial charge in [0.15, 0.2) is 5.65 Å². The van der Waals surface area contributed by atoms with Gasteiger partial charge in [0.1, 0.15) is 5.52 Å². The molecule has 206 valence electrons. The summed E-state index contributed by atoms with van der Waals surface area (Å²) in [6.45, 7) is 6.48. The van der Waals surface area contributed by atoms with E-state index < -0.39 is 0 Å². The summed E-state index contributed by atoms with van der Waals surface area (Å²) >= 11 is 13.0. The maximum Gasteiger partial charge on any atom is 0.225 e. The zero-order chi connectivity index (χ0) is 27.7. The summed E-state index contributed by atoms with van der Waals surface area (Å²) in [4.78, 5) is 28.6. The molecule has 3 heterocycles. The number of nitrogens with zero attached hydrogens (tertiary/aromatic N) is 6. The molecule has 1 aliphatic carbocycles. The summed E-state index contributed by atoms with van der Waals surface area (Å²) in [5, 5.41) is 16.7. The Morgan fingerprint density at radius 2 is 1.87 bits per heavy atom. The number of aromatic nitrogens is 4. The minimum atomic E-state index is -0.254. The van der Waals surface area contributed by atoms with Crippen LogP contribution in [0.3, 0.4) is 0 Å². The van der Waals surface area contributed by atoms with Crippen LogP contribution in [0.4, 0.5) is 17.6 Å². The van der Waals surface area contributed by atoms with Crippen molar-refractivity contribution in [3.63, 3.8) is 0 Å². The molecular formula is C27H33Cl2N9O. The number of nitrogens with two attached hydrogens (primary N) is 1. The highest BCUT2D eigenvalue weighted by molar-refractivity contribution is 6.39. The molecule has 2 fully saturated rings. The van der Waals surface area contributed by atoms with E-state index in [1.165, 1.54) is 0 Å². The number of rotatable bonds is 7. The second-order valence-corrected chi connectivity index (χ2v) is 11.6. The van der Waals surface area contributed by atoms with Crippen molar-refractivity contribution in [2.75, 3.05) is 23.7 Å². The third-order valence-corrected chi connectivity index (χ3v) is 8.42. The van der Waals surface area contributed by atoms with Crippen LogP contribution in [0.25, 0.3) is 11.2 Å². The monoisotopic (exact) mass is 569 g/mol. The first kappa shape index (κ1) is 27.4. The van der Waals surface area contributed by atoms with Crippen molar-refractivity contribution in [2.45, 2.75) is 70.5 Å². The fraction of sp³-hybridized carbons (Fsp3) is 0.519. The molecule has 39 heavy (non-hydrogen) atoms. The van der Waals surface area contributed by atoms with E-state index in [-0.39, 0.29) is 23.9 Å². The highest BCUT2D eigenvalue weighted by Crippen LogP contribution is 2.39. The standard InChI is InChI=1S/C27H33Cl2N9O/c1-15(2)37-9-3-4-18(14-37)33-26-32-13-22-25(36-26)38(19-7-5-17(6-8-19)24(31)39)27(34-22)35-23-20(28)10-16(12-30)11-21(23)29/h10-11,13,15,17-19H,3-9,14H2,1-2H3,(H2,31,39)(H,34,35)(H,32,33,36). The molecule has 0 bridgehead atoms. The first-order valence-electron chi connectivity index (χ1n) is 13.4. The Hall–Kier alpha value is -3.13. The Kier molecular flexibility index (Phi) is 8.12. The van der Waals surface area contributed by atoms with Gasteiger partial charge in [0.2, 0.25) is 17.8 Å². The van der Waals surface area contributed by atoms with Gasteiger partial charge in [-0.3, -0.25) is 14.3 Å². The van der Waals surface area contributed by atoms with Crippen molar-refractivity contribution < 1.29 is 4.79 Å². The van der Waals surface area contributed by atoms with Gasteiger partial charge in [-0.2, -0.15) is 10.2 Å². The molecule has 1 amide bonds. The first-order chi connectivity index (χ1) is 18.7. The second kappa shape index (κ2) is 11.5. The van der Waals surface area contributed by atoms with Crippen LogP contribution in [-0.2, 0) is 4.79 Å². The number of nitriles is 1. The van der Waals surface area contributed by atoms with Crippen LogP contribution in [0, 0.1) is 17.2 Å². The molecule has 0 radical (unpaired) electrons. The van der Waals surface area contributed by atoms with Gasteiger partial charge in [-0.15, -0.1) is 0 Å². The minimum Gasteiger partial charge on any atom is -0.369 e. The van der Waals surface area contributed by atoms with Crippen LogP contribution in [0.15, 0.2) is 18.3 Å². The van der Waals surface area contributed by atoms with E-state index in [0.717, 1.165) is 38.8 Å². The van der Waals surface area contributed by atoms with Crippen molar-refractivity contribution in [1.82, 2.24) is 24.4 Å². The predicted octanol–water partition coefficient (Wildman–Crippen LogP) is 5.25. The zero-order valence-corrected chi connectivity index (χ0v) is 23.6. The van der Waals surface area contributed by atoms with Gasteiger partial charge < -0.3 is 16.4 Å². The normalized spacial score (nSPS) is 22.1. The third kappa shape index (κ3) is 5.91. The lowest BCUT2D eigenvalue weighted by Gasteiger charge is -2.35. The van der Waals surface area contributed by atoms with Crippen LogP contribution in [0.2, 0.25) is 10.0 Å². The number of primary amides is 1. The molecule has 12 heteroatoms. The number of piperidine rings is 1. The Morgan fingerprint density at radius 1 is 1.15 bits per heavy atom. The first-order valence-corrected chi connectivity index (χ1v) is 14.2. The van der Waals surface area contributed by atoms with Gasteiger partial charge in [-0.1, -0.05) is 23.2 Å². The summed E-state index contributed by atoms with van der Waals surface area (Å²) in [6, 6.07) is 5.98. The maximum atomic E-state index is 11.8. The van der Waals surface area contributed by atoms with Crippen LogP contribution >= 0.6 is 23.2 Å². The van der Waals surface area contributed by atoms with Crippen LogP contribution in [0.1, 0.15) is 64.0 Å². The topological polar surface area (TPSA) is 138 Å². The molecule has 2 aliphatic rings. The predicted molar refractivity (Wildman–Crippen MR) is 153 cm³/mol. The summed E-state index contributed by atoms with van der Waals surface area (Å²) in [6.07, 6.45) is 6.81. The molecule has 1 aliphatic heterocycles. The average molecular weight is 571 g/mol. The van der Waals surface area contributed by atoms with Gasteiger partial charge in [-0.25, -0.2) is 9.97 Å². The number of fused-ring (bicyclic) bond motifs is 1. The zero-order valence-electron chi connectivity index (χ0n) is 22.1. The lowest BCUT2D eigenvalue weighted by atomic mass is 9.85. The van der Waals surface area contributed by atoms with E-state index in [1.54, 1.807) is 18.3 Å². The molecule has 5 rings (SSSR count). The van der Waals surface area contributed by atoms with Gasteiger partial charge in [0, 0.05) is 30.6 Å². The van der Waals surface area contributed by atoms with Crippen molar-refractivity contribution in [1.29, 1.82) is 5.26 Å². The number of anilines is 3. The number of benzene rings is 1. The van der Waals surface area contributed by atoms with E-state index in [0.29, 0.717) is 63.2 Å². The van der Waals surface area contributed by atoms with E-state index in [9.17, 15) is 10.1 Å². The number of carbonyl (C=O) groups is 1. The number of halogens is 2. The van der Waals surface area contributed by atoms with E-state index in [4.69, 9.17) is 38.9 Å². The minimum absolute atomic E-state index is 0.0397. The molecule has 1 saturated carbocycles. The van der Waals surface area contributed by atoms with E-state index in [2.05, 4.69) is 45.0 Å². The summed E-state index contributed by atoms with van der Waals surface area (Å²) in [5.74, 6) is 0.703. The summed E-state index contributed by atoms with van der Waals surface area (Å²) in [5.41, 5.74) is 7.75. The quantitative estimate of drug-likeness (QED) is 0.350. The molecular weight excluding hydrogens is 537 g/mol. The molecule has 2 aromatic heterocycles. The molecule has 1 atom stereocenters. The van der Waals surface area contributed by atoms with Crippen LogP contribution in [0.5, 0.6) is 0 Å². The number of hydrogen-bond acceptors (Lipinski definition) is 8. The fourth-order valence-corrected chi connectivity index (χ4v) is 6.24. The maximum absolute atomic E-state index is 11.8. The number of hydrogen-bond donors (Lipinski definition) is 3. The molecule has 3 aromatic rings. The Labute approximate surface area is 237 Å². The molecule has 1 aromatic carbocycles. The number of likely N-dealkylation sites (tertiary alicyclic amines) is 1. The second-order valence-electron chi connectivity index (χ2n) is 10.7. The SMILES string of the molecule is CC(C)N1CCCC(Nc2ncc3nc(Nc4c(Cl)cc(C#N)cc4Cl)n(C4CCC(C(N)=O)CC4)c3n2)C1. The van der Waals surface area contributed by atoms with E-state index >= 15 is 0 Å². The fourth-order valence-electron chi connectivity index (χ4n) is 5.66. The van der Waals surface area contributed by atoms with Gasteiger partial charge >= 0.3 is 0 Å². The molecule has 4 N–H and O–H groups in total. The van der Waals surface area contributed by atoms with Gasteiger partial charge in [0.25, 0.3) is 0 Å².